The van der Waals surface area contributed by atoms with Crippen LogP contribution in [0.5, 0.6) is 0 Å². The highest BCUT2D eigenvalue weighted by Gasteiger charge is 2.20. The molecule has 1 rings (SSSR count). The second-order valence-electron chi connectivity index (χ2n) is 5.05. The lowest BCUT2D eigenvalue weighted by Gasteiger charge is -2.17. The van der Waals surface area contributed by atoms with Crippen LogP contribution < -0.4 is 0 Å². The molecule has 3 nitrogen and oxygen atoms in total. The number of hydrogen-bond donors (Lipinski definition) is 1. The Balaban J connectivity index is 2.78. The van der Waals surface area contributed by atoms with Crippen LogP contribution in [-0.4, -0.2) is 16.1 Å². The minimum Gasteiger partial charge on any atom is -0.481 e. The standard InChI is InChI=1S/C13H21NO2S/c1-8(2)10(5-6-12(15)16)13-14-11(7-17-13)9(3)4/h7-10H,5-6H2,1-4H3,(H,15,16). The van der Waals surface area contributed by atoms with Gasteiger partial charge in [-0.2, -0.15) is 0 Å². The van der Waals surface area contributed by atoms with Gasteiger partial charge in [0, 0.05) is 17.7 Å². The summed E-state index contributed by atoms with van der Waals surface area (Å²) < 4.78 is 0. The number of carboxylic acid groups (broad SMARTS) is 1. The molecule has 0 spiro atoms. The number of nitrogens with zero attached hydrogens (tertiary/aromatic N) is 1. The predicted molar refractivity (Wildman–Crippen MR) is 70.7 cm³/mol. The van der Waals surface area contributed by atoms with Crippen molar-refractivity contribution in [3.05, 3.63) is 16.1 Å². The number of carboxylic acids is 1. The summed E-state index contributed by atoms with van der Waals surface area (Å²) in [7, 11) is 0. The minimum atomic E-state index is -0.726. The Morgan fingerprint density at radius 1 is 1.41 bits per heavy atom. The van der Waals surface area contributed by atoms with Gasteiger partial charge in [0.15, 0.2) is 0 Å². The Morgan fingerprint density at radius 2 is 2.06 bits per heavy atom. The average molecular weight is 255 g/mol. The van der Waals surface area contributed by atoms with Crippen molar-refractivity contribution in [1.82, 2.24) is 4.98 Å². The number of carbonyl (C=O) groups is 1. The first kappa shape index (κ1) is 14.2. The first-order valence-electron chi connectivity index (χ1n) is 6.09. The Labute approximate surface area is 107 Å². The van der Waals surface area contributed by atoms with Crippen LogP contribution in [0.3, 0.4) is 0 Å². The summed E-state index contributed by atoms with van der Waals surface area (Å²) in [6.45, 7) is 8.51. The Bertz CT molecular complexity index is 371. The summed E-state index contributed by atoms with van der Waals surface area (Å²) in [4.78, 5) is 15.3. The van der Waals surface area contributed by atoms with Gasteiger partial charge in [0.25, 0.3) is 0 Å². The predicted octanol–water partition coefficient (Wildman–Crippen LogP) is 3.87. The number of aliphatic carboxylic acids is 1. The van der Waals surface area contributed by atoms with Gasteiger partial charge in [-0.3, -0.25) is 4.79 Å². The van der Waals surface area contributed by atoms with Crippen molar-refractivity contribution >= 4 is 17.3 Å². The summed E-state index contributed by atoms with van der Waals surface area (Å²) in [5, 5.41) is 11.9. The van der Waals surface area contributed by atoms with E-state index in [9.17, 15) is 4.79 Å². The van der Waals surface area contributed by atoms with E-state index in [0.717, 1.165) is 10.7 Å². The zero-order valence-electron chi connectivity index (χ0n) is 10.9. The molecule has 1 unspecified atom stereocenters. The second-order valence-corrected chi connectivity index (χ2v) is 5.94. The Hall–Kier alpha value is -0.900. The van der Waals surface area contributed by atoms with Gasteiger partial charge in [-0.05, 0) is 18.3 Å². The fourth-order valence-corrected chi connectivity index (χ4v) is 3.05. The molecule has 0 aliphatic carbocycles. The van der Waals surface area contributed by atoms with Crippen LogP contribution in [0.2, 0.25) is 0 Å². The van der Waals surface area contributed by atoms with E-state index >= 15 is 0 Å². The van der Waals surface area contributed by atoms with Crippen LogP contribution in [0.4, 0.5) is 0 Å². The van der Waals surface area contributed by atoms with E-state index in [0.29, 0.717) is 18.3 Å². The van der Waals surface area contributed by atoms with E-state index in [2.05, 4.69) is 38.1 Å². The fourth-order valence-electron chi connectivity index (χ4n) is 1.76. The second kappa shape index (κ2) is 6.15. The minimum absolute atomic E-state index is 0.222. The molecular weight excluding hydrogens is 234 g/mol. The molecule has 17 heavy (non-hydrogen) atoms. The zero-order valence-corrected chi connectivity index (χ0v) is 11.8. The molecule has 0 aromatic carbocycles. The molecule has 0 saturated heterocycles. The van der Waals surface area contributed by atoms with Crippen molar-refractivity contribution in [2.45, 2.75) is 52.4 Å². The third kappa shape index (κ3) is 4.11. The maximum Gasteiger partial charge on any atom is 0.303 e. The van der Waals surface area contributed by atoms with Crippen molar-refractivity contribution < 1.29 is 9.90 Å². The van der Waals surface area contributed by atoms with Gasteiger partial charge < -0.3 is 5.11 Å². The van der Waals surface area contributed by atoms with Gasteiger partial charge in [-0.15, -0.1) is 11.3 Å². The highest BCUT2D eigenvalue weighted by Crippen LogP contribution is 2.32. The van der Waals surface area contributed by atoms with E-state index in [4.69, 9.17) is 5.11 Å². The number of hydrogen-bond acceptors (Lipinski definition) is 3. The lowest BCUT2D eigenvalue weighted by atomic mass is 9.92. The lowest BCUT2D eigenvalue weighted by molar-refractivity contribution is -0.137. The van der Waals surface area contributed by atoms with Crippen LogP contribution in [0.25, 0.3) is 0 Å². The fraction of sp³-hybridized carbons (Fsp3) is 0.692. The summed E-state index contributed by atoms with van der Waals surface area (Å²) in [5.74, 6) is 0.410. The molecule has 1 aromatic rings. The van der Waals surface area contributed by atoms with Crippen molar-refractivity contribution in [1.29, 1.82) is 0 Å². The molecule has 4 heteroatoms. The molecule has 1 aromatic heterocycles. The van der Waals surface area contributed by atoms with Gasteiger partial charge >= 0.3 is 5.97 Å². The van der Waals surface area contributed by atoms with Crippen molar-refractivity contribution in [3.8, 4) is 0 Å². The maximum atomic E-state index is 10.7. The highest BCUT2D eigenvalue weighted by molar-refractivity contribution is 7.09. The molecule has 0 bridgehead atoms. The van der Waals surface area contributed by atoms with E-state index in [1.54, 1.807) is 11.3 Å². The van der Waals surface area contributed by atoms with E-state index in [1.165, 1.54) is 0 Å². The lowest BCUT2D eigenvalue weighted by Crippen LogP contribution is -2.09. The largest absolute Gasteiger partial charge is 0.481 e. The highest BCUT2D eigenvalue weighted by atomic mass is 32.1. The van der Waals surface area contributed by atoms with Crippen LogP contribution in [0.15, 0.2) is 5.38 Å². The first-order chi connectivity index (χ1) is 7.91. The van der Waals surface area contributed by atoms with Gasteiger partial charge in [0.05, 0.1) is 10.7 Å². The Kier molecular flexibility index (Phi) is 5.12. The summed E-state index contributed by atoms with van der Waals surface area (Å²) >= 11 is 1.66. The number of thiazole rings is 1. The molecule has 0 aliphatic rings. The monoisotopic (exact) mass is 255 g/mol. The van der Waals surface area contributed by atoms with E-state index < -0.39 is 5.97 Å². The molecule has 0 fully saturated rings. The first-order valence-corrected chi connectivity index (χ1v) is 6.96. The molecule has 1 heterocycles. The Morgan fingerprint density at radius 3 is 2.47 bits per heavy atom. The summed E-state index contributed by atoms with van der Waals surface area (Å²) in [6, 6.07) is 0. The van der Waals surface area contributed by atoms with Gasteiger partial charge in [0.2, 0.25) is 0 Å². The SMILES string of the molecule is CC(C)c1csc(C(CCC(=O)O)C(C)C)n1. The van der Waals surface area contributed by atoms with Crippen LogP contribution >= 0.6 is 11.3 Å². The van der Waals surface area contributed by atoms with Crippen molar-refractivity contribution in [3.63, 3.8) is 0 Å². The molecule has 1 N–H and O–H groups in total. The normalized spacial score (nSPS) is 13.3. The molecule has 0 radical (unpaired) electrons. The van der Waals surface area contributed by atoms with Crippen molar-refractivity contribution in [2.75, 3.05) is 0 Å². The van der Waals surface area contributed by atoms with E-state index in [1.807, 2.05) is 0 Å². The quantitative estimate of drug-likeness (QED) is 0.839. The molecule has 96 valence electrons. The third-order valence-electron chi connectivity index (χ3n) is 2.92. The molecule has 0 aliphatic heterocycles. The molecule has 0 saturated carbocycles. The number of rotatable bonds is 6. The molecule has 1 atom stereocenters. The van der Waals surface area contributed by atoms with Crippen LogP contribution in [0, 0.1) is 5.92 Å². The smallest absolute Gasteiger partial charge is 0.303 e. The third-order valence-corrected chi connectivity index (χ3v) is 3.92. The van der Waals surface area contributed by atoms with Gasteiger partial charge in [0.1, 0.15) is 0 Å². The van der Waals surface area contributed by atoms with Crippen LogP contribution in [-0.2, 0) is 4.79 Å². The van der Waals surface area contributed by atoms with Gasteiger partial charge in [-0.1, -0.05) is 27.7 Å². The summed E-state index contributed by atoms with van der Waals surface area (Å²) in [6.07, 6.45) is 0.900. The average Bonchev–Trinajstić information content (AvgIpc) is 2.66. The number of aromatic nitrogens is 1. The van der Waals surface area contributed by atoms with Crippen molar-refractivity contribution in [2.24, 2.45) is 5.92 Å². The maximum absolute atomic E-state index is 10.7. The summed E-state index contributed by atoms with van der Waals surface area (Å²) in [5.41, 5.74) is 1.12. The zero-order chi connectivity index (χ0) is 13.0. The molecule has 0 amide bonds. The van der Waals surface area contributed by atoms with Crippen LogP contribution in [0.1, 0.15) is 63.1 Å². The molecular formula is C13H21NO2S. The topological polar surface area (TPSA) is 50.2 Å². The van der Waals surface area contributed by atoms with Gasteiger partial charge in [-0.25, -0.2) is 4.98 Å². The van der Waals surface area contributed by atoms with E-state index in [-0.39, 0.29) is 12.3 Å².